The number of carbonyl (C=O) groups is 1. The molecule has 1 amide bonds. The van der Waals surface area contributed by atoms with Gasteiger partial charge in [0.15, 0.2) is 6.61 Å². The lowest BCUT2D eigenvalue weighted by molar-refractivity contribution is -0.937. The summed E-state index contributed by atoms with van der Waals surface area (Å²) >= 11 is 5.92. The van der Waals surface area contributed by atoms with Crippen molar-refractivity contribution in [2.24, 2.45) is 0 Å². The van der Waals surface area contributed by atoms with E-state index in [9.17, 15) is 9.18 Å². The monoisotopic (exact) mass is 423 g/mol. The van der Waals surface area contributed by atoms with Crippen LogP contribution in [0.3, 0.4) is 0 Å². The molecular formula is C21H25ClFN2O4+. The van der Waals surface area contributed by atoms with E-state index in [0.29, 0.717) is 19.8 Å². The summed E-state index contributed by atoms with van der Waals surface area (Å²) in [6.45, 7) is 3.40. The van der Waals surface area contributed by atoms with E-state index >= 15 is 0 Å². The molecule has 0 saturated carbocycles. The van der Waals surface area contributed by atoms with Crippen molar-refractivity contribution in [2.75, 3.05) is 46.6 Å². The zero-order chi connectivity index (χ0) is 20.6. The van der Waals surface area contributed by atoms with Crippen molar-refractivity contribution in [2.45, 2.75) is 6.04 Å². The molecule has 6 nitrogen and oxygen atoms in total. The number of halogens is 2. The topological polar surface area (TPSA) is 61.2 Å². The van der Waals surface area contributed by atoms with E-state index in [0.717, 1.165) is 30.5 Å². The molecule has 1 fully saturated rings. The predicted octanol–water partition coefficient (Wildman–Crippen LogP) is 1.64. The van der Waals surface area contributed by atoms with Gasteiger partial charge in [-0.2, -0.15) is 0 Å². The largest absolute Gasteiger partial charge is 0.497 e. The number of quaternary nitrogens is 1. The van der Waals surface area contributed by atoms with Gasteiger partial charge in [0.1, 0.15) is 36.4 Å². The van der Waals surface area contributed by atoms with Gasteiger partial charge in [0.25, 0.3) is 5.91 Å². The van der Waals surface area contributed by atoms with Crippen molar-refractivity contribution in [3.05, 3.63) is 58.9 Å². The molecule has 29 heavy (non-hydrogen) atoms. The van der Waals surface area contributed by atoms with E-state index in [4.69, 9.17) is 25.8 Å². The van der Waals surface area contributed by atoms with Crippen molar-refractivity contribution in [1.82, 2.24) is 5.32 Å². The predicted molar refractivity (Wildman–Crippen MR) is 107 cm³/mol. The maximum absolute atomic E-state index is 13.1. The minimum atomic E-state index is -0.456. The van der Waals surface area contributed by atoms with Crippen molar-refractivity contribution < 1.29 is 28.3 Å². The molecule has 2 N–H and O–H groups in total. The minimum Gasteiger partial charge on any atom is -0.497 e. The average Bonchev–Trinajstić information content (AvgIpc) is 2.74. The summed E-state index contributed by atoms with van der Waals surface area (Å²) in [6, 6.07) is 11.8. The first kappa shape index (κ1) is 21.4. The van der Waals surface area contributed by atoms with Gasteiger partial charge in [-0.15, -0.1) is 0 Å². The van der Waals surface area contributed by atoms with Crippen LogP contribution in [-0.2, 0) is 9.53 Å². The van der Waals surface area contributed by atoms with Crippen molar-refractivity contribution in [3.63, 3.8) is 0 Å². The van der Waals surface area contributed by atoms with Crippen LogP contribution in [0.15, 0.2) is 42.5 Å². The summed E-state index contributed by atoms with van der Waals surface area (Å²) in [5.41, 5.74) is 1.12. The molecular weight excluding hydrogens is 399 g/mol. The molecule has 8 heteroatoms. The summed E-state index contributed by atoms with van der Waals surface area (Å²) in [5.74, 6) is 0.339. The highest BCUT2D eigenvalue weighted by Gasteiger charge is 2.27. The van der Waals surface area contributed by atoms with Gasteiger partial charge in [-0.05, 0) is 42.5 Å². The quantitative estimate of drug-likeness (QED) is 0.677. The molecule has 0 spiro atoms. The third-order valence-corrected chi connectivity index (χ3v) is 5.20. The third-order valence-electron chi connectivity index (χ3n) is 4.90. The Morgan fingerprint density at radius 1 is 1.24 bits per heavy atom. The van der Waals surface area contributed by atoms with Crippen LogP contribution in [0.25, 0.3) is 0 Å². The molecule has 0 unspecified atom stereocenters. The fourth-order valence-electron chi connectivity index (χ4n) is 3.32. The smallest absolute Gasteiger partial charge is 0.258 e. The van der Waals surface area contributed by atoms with Gasteiger partial charge < -0.3 is 24.4 Å². The molecule has 1 aliphatic rings. The minimum absolute atomic E-state index is 0.0863. The number of hydrogen-bond donors (Lipinski definition) is 2. The highest BCUT2D eigenvalue weighted by atomic mass is 35.5. The second-order valence-corrected chi connectivity index (χ2v) is 7.17. The van der Waals surface area contributed by atoms with E-state index in [-0.39, 0.29) is 29.3 Å². The summed E-state index contributed by atoms with van der Waals surface area (Å²) < 4.78 is 29.2. The average molecular weight is 424 g/mol. The second kappa shape index (κ2) is 10.4. The van der Waals surface area contributed by atoms with E-state index in [2.05, 4.69) is 5.32 Å². The van der Waals surface area contributed by atoms with Crippen LogP contribution in [0.2, 0.25) is 5.02 Å². The van der Waals surface area contributed by atoms with Crippen molar-refractivity contribution in [3.8, 4) is 11.5 Å². The van der Waals surface area contributed by atoms with Crippen molar-refractivity contribution >= 4 is 17.5 Å². The van der Waals surface area contributed by atoms with E-state index in [1.54, 1.807) is 7.11 Å². The molecule has 0 aromatic heterocycles. The van der Waals surface area contributed by atoms with Gasteiger partial charge in [0, 0.05) is 5.56 Å². The van der Waals surface area contributed by atoms with E-state index in [1.165, 1.54) is 17.0 Å². The van der Waals surface area contributed by atoms with Gasteiger partial charge in [-0.3, -0.25) is 4.79 Å². The highest BCUT2D eigenvalue weighted by molar-refractivity contribution is 6.32. The van der Waals surface area contributed by atoms with Gasteiger partial charge in [-0.1, -0.05) is 11.6 Å². The highest BCUT2D eigenvalue weighted by Crippen LogP contribution is 2.24. The van der Waals surface area contributed by atoms with Gasteiger partial charge >= 0.3 is 0 Å². The van der Waals surface area contributed by atoms with Gasteiger partial charge in [0.05, 0.1) is 31.9 Å². The summed E-state index contributed by atoms with van der Waals surface area (Å²) in [4.78, 5) is 13.7. The van der Waals surface area contributed by atoms with Crippen LogP contribution in [0.5, 0.6) is 11.5 Å². The van der Waals surface area contributed by atoms with Crippen LogP contribution in [0, 0.1) is 5.82 Å². The lowest BCUT2D eigenvalue weighted by Gasteiger charge is -2.32. The Morgan fingerprint density at radius 3 is 2.62 bits per heavy atom. The molecule has 0 aliphatic carbocycles. The van der Waals surface area contributed by atoms with Crippen LogP contribution in [-0.4, -0.2) is 52.5 Å². The molecule has 0 radical (unpaired) electrons. The molecule has 1 heterocycles. The van der Waals surface area contributed by atoms with E-state index < -0.39 is 5.82 Å². The number of nitrogens with one attached hydrogen (secondary N) is 2. The van der Waals surface area contributed by atoms with E-state index in [1.807, 2.05) is 24.3 Å². The zero-order valence-corrected chi connectivity index (χ0v) is 17.0. The van der Waals surface area contributed by atoms with Crippen LogP contribution in [0.1, 0.15) is 11.6 Å². The Kier molecular flexibility index (Phi) is 7.69. The van der Waals surface area contributed by atoms with Crippen LogP contribution < -0.4 is 19.7 Å². The molecule has 2 aromatic carbocycles. The van der Waals surface area contributed by atoms with Crippen LogP contribution in [0.4, 0.5) is 4.39 Å². The maximum Gasteiger partial charge on any atom is 0.258 e. The Labute approximate surface area is 174 Å². The molecule has 1 saturated heterocycles. The summed E-state index contributed by atoms with van der Waals surface area (Å²) in [5, 5.41) is 3.07. The third kappa shape index (κ3) is 6.06. The Balaban J connectivity index is 1.60. The molecule has 2 aromatic rings. The fraction of sp³-hybridized carbons (Fsp3) is 0.381. The number of methoxy groups -OCH3 is 1. The fourth-order valence-corrected chi connectivity index (χ4v) is 3.54. The molecule has 1 aliphatic heterocycles. The Hall–Kier alpha value is -2.35. The first-order valence-electron chi connectivity index (χ1n) is 9.47. The number of hydrogen-bond acceptors (Lipinski definition) is 4. The van der Waals surface area contributed by atoms with Gasteiger partial charge in [-0.25, -0.2) is 4.39 Å². The summed E-state index contributed by atoms with van der Waals surface area (Å²) in [6.07, 6.45) is 0. The standard InChI is InChI=1S/C21H24ClFN2O4/c1-27-17-5-2-15(3-6-17)19(25-8-10-28-11-9-25)13-24-21(26)14-29-20-7-4-16(23)12-18(20)22/h2-7,12,19H,8-11,13-14H2,1H3,(H,24,26)/p+1/t19-/m1/s1. The Bertz CT molecular complexity index is 813. The first-order valence-corrected chi connectivity index (χ1v) is 9.85. The SMILES string of the molecule is COc1ccc([C@@H](CNC(=O)COc2ccc(F)cc2Cl)[NH+]2CCOCC2)cc1. The molecule has 156 valence electrons. The number of carbonyl (C=O) groups excluding carboxylic acids is 1. The normalized spacial score (nSPS) is 15.6. The van der Waals surface area contributed by atoms with Crippen molar-refractivity contribution in [1.29, 1.82) is 0 Å². The lowest BCUT2D eigenvalue weighted by Crippen LogP contribution is -3.15. The van der Waals surface area contributed by atoms with Gasteiger partial charge in [0.2, 0.25) is 0 Å². The first-order chi connectivity index (χ1) is 14.1. The molecule has 1 atom stereocenters. The lowest BCUT2D eigenvalue weighted by atomic mass is 10.0. The molecule has 0 bridgehead atoms. The number of amides is 1. The summed E-state index contributed by atoms with van der Waals surface area (Å²) in [7, 11) is 1.63. The number of ether oxygens (including phenoxy) is 3. The van der Waals surface area contributed by atoms with Crippen LogP contribution >= 0.6 is 11.6 Å². The Morgan fingerprint density at radius 2 is 1.97 bits per heavy atom. The number of morpholine rings is 1. The number of benzene rings is 2. The molecule has 3 rings (SSSR count). The maximum atomic E-state index is 13.1. The second-order valence-electron chi connectivity index (χ2n) is 6.76. The number of rotatable bonds is 8. The zero-order valence-electron chi connectivity index (χ0n) is 16.3.